The summed E-state index contributed by atoms with van der Waals surface area (Å²) in [5, 5.41) is 0. The summed E-state index contributed by atoms with van der Waals surface area (Å²) in [6.45, 7) is 12.3. The number of hydrogen-bond donors (Lipinski definition) is 0. The largest absolute Gasteiger partial charge is 0.376 e. The smallest absolute Gasteiger partial charge is 0.0227 e. The predicted molar refractivity (Wildman–Crippen MR) is 51.5 cm³/mol. The highest BCUT2D eigenvalue weighted by Gasteiger charge is 2.01. The molecule has 0 aromatic rings. The molecular weight excluding hydrogens is 134 g/mol. The molecule has 0 heterocycles. The van der Waals surface area contributed by atoms with Gasteiger partial charge in [0.15, 0.2) is 0 Å². The highest BCUT2D eigenvalue weighted by molar-refractivity contribution is 5.16. The summed E-state index contributed by atoms with van der Waals surface area (Å²) in [6, 6.07) is 0.561. The minimum Gasteiger partial charge on any atom is -0.376 e. The molecule has 0 saturated carbocycles. The molecule has 0 amide bonds. The van der Waals surface area contributed by atoms with Crippen LogP contribution in [0.3, 0.4) is 0 Å². The van der Waals surface area contributed by atoms with Gasteiger partial charge in [0, 0.05) is 18.8 Å². The van der Waals surface area contributed by atoms with Gasteiger partial charge < -0.3 is 4.90 Å². The van der Waals surface area contributed by atoms with Gasteiger partial charge in [-0.1, -0.05) is 12.2 Å². The van der Waals surface area contributed by atoms with Crippen LogP contribution in [0, 0.1) is 0 Å². The first-order valence-corrected chi connectivity index (χ1v) is 4.01. The van der Waals surface area contributed by atoms with Crippen LogP contribution in [0.15, 0.2) is 23.9 Å². The molecule has 0 saturated heterocycles. The third kappa shape index (κ3) is 3.87. The molecule has 1 nitrogen and oxygen atoms in total. The maximum Gasteiger partial charge on any atom is 0.0227 e. The summed E-state index contributed by atoms with van der Waals surface area (Å²) < 4.78 is 0. The quantitative estimate of drug-likeness (QED) is 0.563. The van der Waals surface area contributed by atoms with Crippen molar-refractivity contribution in [3.8, 4) is 0 Å². The lowest BCUT2D eigenvalue weighted by molar-refractivity contribution is 0.345. The molecule has 0 aliphatic rings. The van der Waals surface area contributed by atoms with Gasteiger partial charge in [-0.3, -0.25) is 0 Å². The molecule has 64 valence electrons. The van der Waals surface area contributed by atoms with Gasteiger partial charge in [0.2, 0.25) is 0 Å². The first-order valence-electron chi connectivity index (χ1n) is 4.01. The molecule has 0 spiro atoms. The topological polar surface area (TPSA) is 3.24 Å². The van der Waals surface area contributed by atoms with Gasteiger partial charge in [-0.25, -0.2) is 0 Å². The van der Waals surface area contributed by atoms with Gasteiger partial charge in [0.1, 0.15) is 0 Å². The summed E-state index contributed by atoms with van der Waals surface area (Å²) in [6.07, 6.45) is 2.10. The van der Waals surface area contributed by atoms with Crippen molar-refractivity contribution < 1.29 is 0 Å². The number of hydrogen-bond acceptors (Lipinski definition) is 1. The molecule has 0 aliphatic heterocycles. The van der Waals surface area contributed by atoms with Gasteiger partial charge in [0.25, 0.3) is 0 Å². The average molecular weight is 153 g/mol. The molecule has 0 N–H and O–H groups in total. The summed E-state index contributed by atoms with van der Waals surface area (Å²) in [7, 11) is 2.10. The van der Waals surface area contributed by atoms with Gasteiger partial charge >= 0.3 is 0 Å². The Balaban J connectivity index is 4.23. The van der Waals surface area contributed by atoms with Crippen LogP contribution in [-0.4, -0.2) is 18.0 Å². The van der Waals surface area contributed by atoms with Crippen molar-refractivity contribution in [2.24, 2.45) is 0 Å². The van der Waals surface area contributed by atoms with Gasteiger partial charge in [-0.2, -0.15) is 0 Å². The van der Waals surface area contributed by atoms with E-state index in [1.165, 1.54) is 5.70 Å². The van der Waals surface area contributed by atoms with Crippen LogP contribution in [0.25, 0.3) is 0 Å². The molecule has 0 atom stereocenters. The van der Waals surface area contributed by atoms with E-state index in [4.69, 9.17) is 0 Å². The van der Waals surface area contributed by atoms with Crippen molar-refractivity contribution in [3.05, 3.63) is 23.9 Å². The van der Waals surface area contributed by atoms with Gasteiger partial charge in [0.05, 0.1) is 0 Å². The minimum atomic E-state index is 0.561. The Labute approximate surface area is 70.4 Å². The number of rotatable bonds is 3. The van der Waals surface area contributed by atoms with E-state index in [0.29, 0.717) is 6.04 Å². The molecule has 0 rings (SSSR count). The van der Waals surface area contributed by atoms with E-state index in [2.05, 4.69) is 45.4 Å². The molecule has 0 aromatic heterocycles. The van der Waals surface area contributed by atoms with Crippen molar-refractivity contribution in [2.45, 2.75) is 33.7 Å². The Morgan fingerprint density at radius 2 is 1.82 bits per heavy atom. The van der Waals surface area contributed by atoms with Crippen LogP contribution >= 0.6 is 0 Å². The van der Waals surface area contributed by atoms with Gasteiger partial charge in [-0.15, -0.1) is 0 Å². The second kappa shape index (κ2) is 4.22. The van der Waals surface area contributed by atoms with Crippen LogP contribution < -0.4 is 0 Å². The molecule has 0 aliphatic carbocycles. The highest BCUT2D eigenvalue weighted by atomic mass is 15.1. The van der Waals surface area contributed by atoms with Gasteiger partial charge in [-0.05, 0) is 33.8 Å². The van der Waals surface area contributed by atoms with Crippen molar-refractivity contribution >= 4 is 0 Å². The van der Waals surface area contributed by atoms with E-state index in [1.54, 1.807) is 0 Å². The molecule has 0 unspecified atom stereocenters. The second-order valence-electron chi connectivity index (χ2n) is 3.34. The zero-order valence-corrected chi connectivity index (χ0v) is 8.31. The Kier molecular flexibility index (Phi) is 3.94. The summed E-state index contributed by atoms with van der Waals surface area (Å²) in [5.74, 6) is 0. The second-order valence-corrected chi connectivity index (χ2v) is 3.34. The number of nitrogens with zero attached hydrogens (tertiary/aromatic N) is 1. The van der Waals surface area contributed by atoms with E-state index < -0.39 is 0 Å². The van der Waals surface area contributed by atoms with Crippen molar-refractivity contribution in [3.63, 3.8) is 0 Å². The van der Waals surface area contributed by atoms with E-state index in [9.17, 15) is 0 Å². The first kappa shape index (κ1) is 10.3. The minimum absolute atomic E-state index is 0.561. The Morgan fingerprint density at radius 1 is 1.36 bits per heavy atom. The maximum absolute atomic E-state index is 3.83. The lowest BCUT2D eigenvalue weighted by atomic mass is 10.2. The Morgan fingerprint density at radius 3 is 2.09 bits per heavy atom. The van der Waals surface area contributed by atoms with E-state index in [0.717, 1.165) is 5.57 Å². The van der Waals surface area contributed by atoms with Crippen LogP contribution in [0.2, 0.25) is 0 Å². The zero-order chi connectivity index (χ0) is 9.02. The normalized spacial score (nSPS) is 12.0. The summed E-state index contributed by atoms with van der Waals surface area (Å²) in [5.41, 5.74) is 2.38. The van der Waals surface area contributed by atoms with Crippen LogP contribution in [0.4, 0.5) is 0 Å². The van der Waals surface area contributed by atoms with E-state index in [-0.39, 0.29) is 0 Å². The Bertz CT molecular complexity index is 166. The third-order valence-electron chi connectivity index (χ3n) is 1.79. The molecule has 0 aromatic carbocycles. The maximum atomic E-state index is 3.83. The molecule has 1 heteroatoms. The lowest BCUT2D eigenvalue weighted by Gasteiger charge is -2.24. The summed E-state index contributed by atoms with van der Waals surface area (Å²) in [4.78, 5) is 2.23. The van der Waals surface area contributed by atoms with E-state index >= 15 is 0 Å². The predicted octanol–water partition coefficient (Wildman–Crippen LogP) is 2.81. The van der Waals surface area contributed by atoms with Crippen molar-refractivity contribution in [1.29, 1.82) is 0 Å². The van der Waals surface area contributed by atoms with Crippen LogP contribution in [0.5, 0.6) is 0 Å². The standard InChI is InChI=1S/C10H19N/c1-8(2)7-10(5)11(6)9(3)4/h7,9H,1H2,2-6H3/b10-7-. The van der Waals surface area contributed by atoms with Crippen molar-refractivity contribution in [2.75, 3.05) is 7.05 Å². The lowest BCUT2D eigenvalue weighted by Crippen LogP contribution is -2.24. The van der Waals surface area contributed by atoms with Crippen molar-refractivity contribution in [1.82, 2.24) is 4.90 Å². The molecule has 0 fully saturated rings. The monoisotopic (exact) mass is 153 g/mol. The molecule has 0 bridgehead atoms. The fourth-order valence-corrected chi connectivity index (χ4v) is 0.866. The van der Waals surface area contributed by atoms with Crippen LogP contribution in [-0.2, 0) is 0 Å². The highest BCUT2D eigenvalue weighted by Crippen LogP contribution is 2.07. The molecule has 0 radical (unpaired) electrons. The molecular formula is C10H19N. The molecule has 11 heavy (non-hydrogen) atoms. The Hall–Kier alpha value is -0.720. The zero-order valence-electron chi connectivity index (χ0n) is 8.31. The fraction of sp³-hybridized carbons (Fsp3) is 0.600. The van der Waals surface area contributed by atoms with Crippen LogP contribution in [0.1, 0.15) is 27.7 Å². The average Bonchev–Trinajstić information content (AvgIpc) is 1.84. The number of allylic oxidation sites excluding steroid dienone is 3. The van der Waals surface area contributed by atoms with E-state index in [1.807, 2.05) is 6.92 Å². The summed E-state index contributed by atoms with van der Waals surface area (Å²) >= 11 is 0. The first-order chi connectivity index (χ1) is 4.95. The SMILES string of the molecule is C=C(C)/C=C(/C)N(C)C(C)C. The fourth-order valence-electron chi connectivity index (χ4n) is 0.866. The third-order valence-corrected chi connectivity index (χ3v) is 1.79.